The van der Waals surface area contributed by atoms with Gasteiger partial charge in [0.25, 0.3) is 0 Å². The van der Waals surface area contributed by atoms with E-state index in [0.717, 1.165) is 62.5 Å². The lowest BCUT2D eigenvalue weighted by molar-refractivity contribution is -0.141. The van der Waals surface area contributed by atoms with Crippen molar-refractivity contribution in [1.82, 2.24) is 25.4 Å². The van der Waals surface area contributed by atoms with E-state index in [1.165, 1.54) is 4.90 Å². The number of nitrogens with one attached hydrogen (secondary N) is 2. The molecule has 4 amide bonds. The summed E-state index contributed by atoms with van der Waals surface area (Å²) in [6.45, 7) is 0.720. The van der Waals surface area contributed by atoms with Crippen molar-refractivity contribution in [3.8, 4) is 0 Å². The second-order valence-electron chi connectivity index (χ2n) is 13.2. The van der Waals surface area contributed by atoms with Gasteiger partial charge in [0.05, 0.1) is 19.0 Å². The monoisotopic (exact) mass is 625 g/mol. The summed E-state index contributed by atoms with van der Waals surface area (Å²) in [5.41, 5.74) is 1.93. The number of alkyl carbamates (subject to hydrolysis) is 1. The molecule has 0 spiro atoms. The van der Waals surface area contributed by atoms with Gasteiger partial charge in [-0.05, 0) is 61.6 Å². The third kappa shape index (κ3) is 7.17. The van der Waals surface area contributed by atoms with Gasteiger partial charge in [0.15, 0.2) is 0 Å². The van der Waals surface area contributed by atoms with Crippen LogP contribution < -0.4 is 10.6 Å². The van der Waals surface area contributed by atoms with Crippen LogP contribution in [0.1, 0.15) is 88.2 Å². The number of aromatic nitrogens is 1. The van der Waals surface area contributed by atoms with Crippen LogP contribution >= 0.6 is 0 Å². The lowest BCUT2D eigenvalue weighted by Crippen LogP contribution is -2.54. The molecule has 5 aliphatic rings. The summed E-state index contributed by atoms with van der Waals surface area (Å²) in [5, 5.41) is 15.4. The average molecular weight is 626 g/mol. The lowest BCUT2D eigenvalue weighted by atomic mass is 10.0. The van der Waals surface area contributed by atoms with Crippen LogP contribution in [0.3, 0.4) is 0 Å². The van der Waals surface area contributed by atoms with Gasteiger partial charge in [-0.25, -0.2) is 9.59 Å². The SMILES string of the molecule is O=C(N[C@H]1CCCCCCC[C@@H]2C(C(=O)O)[C@H]2NC(=O)[C@@H]2C[C@@H](OC(=O)N3Cc4ccncc4C3)CN2C1=O)OC1CCCC1. The predicted molar refractivity (Wildman–Crippen MR) is 158 cm³/mol. The Morgan fingerprint density at radius 1 is 0.911 bits per heavy atom. The van der Waals surface area contributed by atoms with Crippen molar-refractivity contribution in [3.63, 3.8) is 0 Å². The molecular weight excluding hydrogens is 582 g/mol. The highest BCUT2D eigenvalue weighted by atomic mass is 16.6. The van der Waals surface area contributed by atoms with E-state index in [-0.39, 0.29) is 25.0 Å². The summed E-state index contributed by atoms with van der Waals surface area (Å²) >= 11 is 0. The van der Waals surface area contributed by atoms with Crippen LogP contribution in [0, 0.1) is 11.8 Å². The molecule has 2 aliphatic carbocycles. The molecule has 4 heterocycles. The third-order valence-corrected chi connectivity index (χ3v) is 10.1. The smallest absolute Gasteiger partial charge is 0.410 e. The van der Waals surface area contributed by atoms with E-state index >= 15 is 0 Å². The van der Waals surface area contributed by atoms with E-state index in [0.29, 0.717) is 32.4 Å². The minimum absolute atomic E-state index is 0.0166. The molecule has 3 N–H and O–H groups in total. The average Bonchev–Trinajstić information content (AvgIpc) is 3.45. The van der Waals surface area contributed by atoms with Gasteiger partial charge in [0, 0.05) is 31.4 Å². The molecule has 1 unspecified atom stereocenters. The molecule has 1 aromatic heterocycles. The molecule has 6 atom stereocenters. The zero-order valence-corrected chi connectivity index (χ0v) is 25.5. The number of carboxylic acid groups (broad SMARTS) is 1. The first kappa shape index (κ1) is 31.1. The van der Waals surface area contributed by atoms with E-state index in [1.807, 2.05) is 6.07 Å². The first-order valence-corrected chi connectivity index (χ1v) is 16.5. The van der Waals surface area contributed by atoms with E-state index in [9.17, 15) is 29.1 Å². The molecule has 2 saturated carbocycles. The Morgan fingerprint density at radius 3 is 2.38 bits per heavy atom. The van der Waals surface area contributed by atoms with Crippen LogP contribution in [0.25, 0.3) is 0 Å². The number of carbonyl (C=O) groups excluding carboxylic acids is 4. The molecule has 6 rings (SSSR count). The molecule has 45 heavy (non-hydrogen) atoms. The number of carbonyl (C=O) groups is 5. The summed E-state index contributed by atoms with van der Waals surface area (Å²) in [6, 6.07) is -0.537. The number of aliphatic carboxylic acids is 1. The molecule has 0 bridgehead atoms. The van der Waals surface area contributed by atoms with Crippen LogP contribution in [0.4, 0.5) is 9.59 Å². The van der Waals surface area contributed by atoms with E-state index in [2.05, 4.69) is 15.6 Å². The standard InChI is InChI=1S/C32H43N5O8/c38-28-25-14-22(45-32(43)36-16-19-12-13-33-15-20(19)17-36)18-37(25)29(39)24(34-31(42)44-21-8-6-7-9-21)11-5-3-1-2-4-10-23-26(30(40)41)27(23)35-28/h12-13,15,21-27H,1-11,14,16-18H2,(H,34,42)(H,35,38)(H,40,41)/t22-,23-,24+,25+,26?,27+/m1/s1. The number of hydrogen-bond donors (Lipinski definition) is 3. The van der Waals surface area contributed by atoms with Gasteiger partial charge >= 0.3 is 18.2 Å². The summed E-state index contributed by atoms with van der Waals surface area (Å²) in [4.78, 5) is 72.9. The Hall–Kier alpha value is -3.90. The normalized spacial score (nSPS) is 30.7. The van der Waals surface area contributed by atoms with Crippen LogP contribution in [-0.4, -0.2) is 86.7 Å². The maximum atomic E-state index is 14.1. The van der Waals surface area contributed by atoms with Gasteiger partial charge in [-0.3, -0.25) is 24.3 Å². The summed E-state index contributed by atoms with van der Waals surface area (Å²) in [7, 11) is 0. The molecule has 1 aromatic rings. The Bertz CT molecular complexity index is 1280. The highest BCUT2D eigenvalue weighted by Gasteiger charge is 2.56. The zero-order chi connectivity index (χ0) is 31.5. The lowest BCUT2D eigenvalue weighted by Gasteiger charge is -2.29. The van der Waals surface area contributed by atoms with Gasteiger partial charge in [-0.15, -0.1) is 0 Å². The fourth-order valence-electron chi connectivity index (χ4n) is 7.52. The van der Waals surface area contributed by atoms with Crippen LogP contribution in [0.15, 0.2) is 18.5 Å². The fraction of sp³-hybridized carbons (Fsp3) is 0.688. The molecule has 0 radical (unpaired) electrons. The van der Waals surface area contributed by atoms with E-state index < -0.39 is 60.1 Å². The van der Waals surface area contributed by atoms with Crippen LogP contribution in [-0.2, 0) is 36.9 Å². The summed E-state index contributed by atoms with van der Waals surface area (Å²) in [6.07, 6.45) is 10.3. The van der Waals surface area contributed by atoms with Crippen LogP contribution in [0.5, 0.6) is 0 Å². The largest absolute Gasteiger partial charge is 0.481 e. The van der Waals surface area contributed by atoms with Gasteiger partial charge in [-0.2, -0.15) is 0 Å². The summed E-state index contributed by atoms with van der Waals surface area (Å²) in [5.74, 6) is -2.66. The second-order valence-corrected chi connectivity index (χ2v) is 13.2. The Kier molecular flexibility index (Phi) is 9.41. The highest BCUT2D eigenvalue weighted by molar-refractivity contribution is 5.93. The minimum Gasteiger partial charge on any atom is -0.481 e. The van der Waals surface area contributed by atoms with Gasteiger partial charge in [0.2, 0.25) is 11.8 Å². The van der Waals surface area contributed by atoms with Gasteiger partial charge in [-0.1, -0.05) is 32.1 Å². The highest BCUT2D eigenvalue weighted by Crippen LogP contribution is 2.43. The minimum atomic E-state index is -0.980. The van der Waals surface area contributed by atoms with Crippen LogP contribution in [0.2, 0.25) is 0 Å². The van der Waals surface area contributed by atoms with Crippen molar-refractivity contribution in [3.05, 3.63) is 29.6 Å². The molecular formula is C32H43N5O8. The fourth-order valence-corrected chi connectivity index (χ4v) is 7.52. The number of carboxylic acids is 1. The van der Waals surface area contributed by atoms with Crippen molar-refractivity contribution >= 4 is 30.0 Å². The number of nitrogens with zero attached hydrogens (tertiary/aromatic N) is 3. The van der Waals surface area contributed by atoms with E-state index in [1.54, 1.807) is 17.3 Å². The van der Waals surface area contributed by atoms with Gasteiger partial charge in [0.1, 0.15) is 24.3 Å². The van der Waals surface area contributed by atoms with Crippen molar-refractivity contribution in [2.75, 3.05) is 6.54 Å². The predicted octanol–water partition coefficient (Wildman–Crippen LogP) is 3.10. The number of amides is 4. The Morgan fingerprint density at radius 2 is 1.62 bits per heavy atom. The molecule has 244 valence electrons. The topological polar surface area (TPSA) is 167 Å². The molecule has 13 heteroatoms. The third-order valence-electron chi connectivity index (χ3n) is 10.1. The van der Waals surface area contributed by atoms with Crippen molar-refractivity contribution in [2.45, 2.75) is 120 Å². The van der Waals surface area contributed by atoms with E-state index in [4.69, 9.17) is 9.47 Å². The molecule has 0 aromatic carbocycles. The Labute approximate surface area is 262 Å². The molecule has 3 aliphatic heterocycles. The molecule has 4 fully saturated rings. The van der Waals surface area contributed by atoms with Crippen molar-refractivity contribution in [1.29, 1.82) is 0 Å². The molecule has 2 saturated heterocycles. The number of fused-ring (bicyclic) bond motifs is 3. The van der Waals surface area contributed by atoms with Gasteiger partial charge < -0.3 is 30.1 Å². The van der Waals surface area contributed by atoms with Crippen molar-refractivity contribution < 1.29 is 38.6 Å². The first-order chi connectivity index (χ1) is 21.8. The number of rotatable bonds is 4. The maximum absolute atomic E-state index is 14.1. The maximum Gasteiger partial charge on any atom is 0.410 e. The Balaban J connectivity index is 1.18. The number of pyridine rings is 1. The zero-order valence-electron chi connectivity index (χ0n) is 25.5. The number of hydrogen-bond acceptors (Lipinski definition) is 8. The van der Waals surface area contributed by atoms with Crippen molar-refractivity contribution in [2.24, 2.45) is 11.8 Å². The first-order valence-electron chi connectivity index (χ1n) is 16.5. The summed E-state index contributed by atoms with van der Waals surface area (Å²) < 4.78 is 11.5. The quantitative estimate of drug-likeness (QED) is 0.455. The second kappa shape index (κ2) is 13.6. The molecule has 13 nitrogen and oxygen atoms in total. The number of ether oxygens (including phenoxy) is 2.